The molecule has 0 saturated heterocycles. The first-order valence-corrected chi connectivity index (χ1v) is 6.68. The van der Waals surface area contributed by atoms with Crippen LogP contribution in [0.5, 0.6) is 0 Å². The molecule has 0 fully saturated rings. The molecule has 0 spiro atoms. The fourth-order valence-electron chi connectivity index (χ4n) is 1.80. The summed E-state index contributed by atoms with van der Waals surface area (Å²) in [7, 11) is 0. The standard InChI is InChI=1S/C16H9Cl2F3/c1-10-12(7-6-11-4-2-3-5-15(11)18)8-13(17)9-14(10)16(19,20)21/h2-5,8-9H,1H3. The van der Waals surface area contributed by atoms with E-state index in [0.717, 1.165) is 6.07 Å². The average molecular weight is 329 g/mol. The molecule has 0 aromatic heterocycles. The zero-order valence-corrected chi connectivity index (χ0v) is 12.4. The van der Waals surface area contributed by atoms with Gasteiger partial charge in [0.25, 0.3) is 0 Å². The maximum atomic E-state index is 12.9. The topological polar surface area (TPSA) is 0 Å². The highest BCUT2D eigenvalue weighted by molar-refractivity contribution is 6.31. The van der Waals surface area contributed by atoms with E-state index in [9.17, 15) is 13.2 Å². The lowest BCUT2D eigenvalue weighted by Crippen LogP contribution is -2.08. The Balaban J connectivity index is 2.52. The van der Waals surface area contributed by atoms with Gasteiger partial charge in [0.05, 0.1) is 10.6 Å². The number of alkyl halides is 3. The molecule has 0 N–H and O–H groups in total. The van der Waals surface area contributed by atoms with Crippen molar-refractivity contribution in [3.63, 3.8) is 0 Å². The maximum absolute atomic E-state index is 12.9. The fourth-order valence-corrected chi connectivity index (χ4v) is 2.20. The third kappa shape index (κ3) is 3.72. The highest BCUT2D eigenvalue weighted by Gasteiger charge is 2.33. The van der Waals surface area contributed by atoms with E-state index in [1.165, 1.54) is 13.0 Å². The Morgan fingerprint density at radius 1 is 0.952 bits per heavy atom. The van der Waals surface area contributed by atoms with Gasteiger partial charge in [0, 0.05) is 16.1 Å². The van der Waals surface area contributed by atoms with Crippen molar-refractivity contribution in [3.05, 3.63) is 68.7 Å². The van der Waals surface area contributed by atoms with Crippen molar-refractivity contribution < 1.29 is 13.2 Å². The number of rotatable bonds is 0. The lowest BCUT2D eigenvalue weighted by molar-refractivity contribution is -0.138. The molecule has 0 aliphatic carbocycles. The van der Waals surface area contributed by atoms with E-state index in [1.807, 2.05) is 0 Å². The molecule has 2 rings (SSSR count). The summed E-state index contributed by atoms with van der Waals surface area (Å²) < 4.78 is 38.7. The quantitative estimate of drug-likeness (QED) is 0.542. The summed E-state index contributed by atoms with van der Waals surface area (Å²) in [4.78, 5) is 0. The molecule has 0 amide bonds. The summed E-state index contributed by atoms with van der Waals surface area (Å²) >= 11 is 11.7. The number of halogens is 5. The van der Waals surface area contributed by atoms with Gasteiger partial charge in [-0.1, -0.05) is 47.2 Å². The van der Waals surface area contributed by atoms with Crippen LogP contribution >= 0.6 is 23.2 Å². The van der Waals surface area contributed by atoms with Gasteiger partial charge >= 0.3 is 6.18 Å². The minimum Gasteiger partial charge on any atom is -0.166 e. The van der Waals surface area contributed by atoms with Crippen LogP contribution in [0.15, 0.2) is 36.4 Å². The molecule has 0 saturated carbocycles. The molecule has 0 heterocycles. The monoisotopic (exact) mass is 328 g/mol. The molecule has 5 heteroatoms. The lowest BCUT2D eigenvalue weighted by Gasteiger charge is -2.12. The molecule has 0 nitrogen and oxygen atoms in total. The Labute approximate surface area is 130 Å². The lowest BCUT2D eigenvalue weighted by atomic mass is 10.0. The smallest absolute Gasteiger partial charge is 0.166 e. The van der Waals surface area contributed by atoms with Crippen LogP contribution in [-0.2, 0) is 6.18 Å². The van der Waals surface area contributed by atoms with Gasteiger partial charge in [-0.2, -0.15) is 13.2 Å². The van der Waals surface area contributed by atoms with Crippen LogP contribution in [0.2, 0.25) is 10.0 Å². The van der Waals surface area contributed by atoms with Crippen molar-refractivity contribution >= 4 is 23.2 Å². The van der Waals surface area contributed by atoms with Gasteiger partial charge in [0.15, 0.2) is 0 Å². The molecular weight excluding hydrogens is 320 g/mol. The summed E-state index contributed by atoms with van der Waals surface area (Å²) in [5, 5.41) is 0.442. The second kappa shape index (κ2) is 6.01. The van der Waals surface area contributed by atoms with Crippen molar-refractivity contribution in [1.29, 1.82) is 0 Å². The maximum Gasteiger partial charge on any atom is 0.416 e. The van der Waals surface area contributed by atoms with Crippen molar-refractivity contribution in [1.82, 2.24) is 0 Å². The van der Waals surface area contributed by atoms with Crippen molar-refractivity contribution in [2.75, 3.05) is 0 Å². The average Bonchev–Trinajstić information content (AvgIpc) is 2.39. The molecule has 0 radical (unpaired) electrons. The second-order valence-corrected chi connectivity index (χ2v) is 5.20. The molecule has 108 valence electrons. The normalized spacial score (nSPS) is 11.0. The SMILES string of the molecule is Cc1c(C#Cc2ccccc2Cl)cc(Cl)cc1C(F)(F)F. The highest BCUT2D eigenvalue weighted by atomic mass is 35.5. The molecular formula is C16H9Cl2F3. The van der Waals surface area contributed by atoms with Crippen LogP contribution in [0.25, 0.3) is 0 Å². The van der Waals surface area contributed by atoms with Gasteiger partial charge in [-0.15, -0.1) is 0 Å². The third-order valence-corrected chi connectivity index (χ3v) is 3.43. The van der Waals surface area contributed by atoms with Gasteiger partial charge in [-0.3, -0.25) is 0 Å². The van der Waals surface area contributed by atoms with E-state index < -0.39 is 11.7 Å². The fraction of sp³-hybridized carbons (Fsp3) is 0.125. The van der Waals surface area contributed by atoms with Gasteiger partial charge < -0.3 is 0 Å². The van der Waals surface area contributed by atoms with E-state index in [4.69, 9.17) is 23.2 Å². The summed E-state index contributed by atoms with van der Waals surface area (Å²) in [6.45, 7) is 1.37. The van der Waals surface area contributed by atoms with Gasteiger partial charge in [0.1, 0.15) is 0 Å². The Hall–Kier alpha value is -1.63. The van der Waals surface area contributed by atoms with E-state index in [0.29, 0.717) is 10.6 Å². The van der Waals surface area contributed by atoms with Crippen LogP contribution in [0, 0.1) is 18.8 Å². The molecule has 0 bridgehead atoms. The first-order chi connectivity index (χ1) is 9.79. The second-order valence-electron chi connectivity index (χ2n) is 4.35. The molecule has 0 aliphatic rings. The van der Waals surface area contributed by atoms with Crippen molar-refractivity contribution in [2.24, 2.45) is 0 Å². The Bertz CT molecular complexity index is 737. The zero-order chi connectivity index (χ0) is 15.6. The minimum atomic E-state index is -4.46. The highest BCUT2D eigenvalue weighted by Crippen LogP contribution is 2.35. The Morgan fingerprint density at radius 3 is 2.19 bits per heavy atom. The first kappa shape index (κ1) is 15.8. The molecule has 2 aromatic rings. The van der Waals surface area contributed by atoms with Crippen LogP contribution in [0.3, 0.4) is 0 Å². The third-order valence-electron chi connectivity index (χ3n) is 2.88. The zero-order valence-electron chi connectivity index (χ0n) is 10.9. The van der Waals surface area contributed by atoms with Crippen LogP contribution < -0.4 is 0 Å². The summed E-state index contributed by atoms with van der Waals surface area (Å²) in [5.41, 5.74) is 0.0479. The minimum absolute atomic E-state index is 0.00335. The Kier molecular flexibility index (Phi) is 4.51. The molecule has 0 unspecified atom stereocenters. The van der Waals surface area contributed by atoms with E-state index in [2.05, 4.69) is 11.8 Å². The van der Waals surface area contributed by atoms with Crippen LogP contribution in [-0.4, -0.2) is 0 Å². The predicted octanol–water partition coefficient (Wildman–Crippen LogP) is 5.72. The molecule has 0 aliphatic heterocycles. The molecule has 0 atom stereocenters. The summed E-state index contributed by atoms with van der Waals surface area (Å²) in [6, 6.07) is 9.17. The number of hydrogen-bond acceptors (Lipinski definition) is 0. The van der Waals surface area contributed by atoms with Crippen molar-refractivity contribution in [2.45, 2.75) is 13.1 Å². The van der Waals surface area contributed by atoms with Crippen LogP contribution in [0.1, 0.15) is 22.3 Å². The van der Waals surface area contributed by atoms with Crippen molar-refractivity contribution in [3.8, 4) is 11.8 Å². The first-order valence-electron chi connectivity index (χ1n) is 5.93. The van der Waals surface area contributed by atoms with E-state index >= 15 is 0 Å². The largest absolute Gasteiger partial charge is 0.416 e. The molecule has 2 aromatic carbocycles. The van der Waals surface area contributed by atoms with Gasteiger partial charge in [0.2, 0.25) is 0 Å². The van der Waals surface area contributed by atoms with E-state index in [-0.39, 0.29) is 16.1 Å². The summed E-state index contributed by atoms with van der Waals surface area (Å²) in [6.07, 6.45) is -4.46. The summed E-state index contributed by atoms with van der Waals surface area (Å²) in [5.74, 6) is 5.47. The van der Waals surface area contributed by atoms with Gasteiger partial charge in [-0.25, -0.2) is 0 Å². The number of benzene rings is 2. The molecule has 21 heavy (non-hydrogen) atoms. The van der Waals surface area contributed by atoms with E-state index in [1.54, 1.807) is 24.3 Å². The van der Waals surface area contributed by atoms with Gasteiger partial charge in [-0.05, 0) is 36.8 Å². The van der Waals surface area contributed by atoms with Crippen LogP contribution in [0.4, 0.5) is 13.2 Å². The number of hydrogen-bond donors (Lipinski definition) is 0. The predicted molar refractivity (Wildman–Crippen MR) is 78.6 cm³/mol. The Morgan fingerprint density at radius 2 is 1.57 bits per heavy atom.